The highest BCUT2D eigenvalue weighted by Crippen LogP contribution is 2.20. The zero-order valence-corrected chi connectivity index (χ0v) is 19.3. The zero-order valence-electron chi connectivity index (χ0n) is 17.7. The van der Waals surface area contributed by atoms with Gasteiger partial charge in [0.25, 0.3) is 5.91 Å². The van der Waals surface area contributed by atoms with Crippen molar-refractivity contribution in [2.75, 3.05) is 19.6 Å². The summed E-state index contributed by atoms with van der Waals surface area (Å²) >= 11 is 0. The number of benzene rings is 1. The van der Waals surface area contributed by atoms with Gasteiger partial charge >= 0.3 is 0 Å². The fourth-order valence-corrected chi connectivity index (χ4v) is 3.86. The predicted octanol–water partition coefficient (Wildman–Crippen LogP) is 4.18. The minimum atomic E-state index is -0.0878. The number of para-hydroxylation sites is 1. The number of aryl methyl sites for hydroxylation is 1. The Kier molecular flexibility index (Phi) is 9.62. The number of pyridine rings is 1. The van der Waals surface area contributed by atoms with Crippen molar-refractivity contribution in [1.82, 2.24) is 20.0 Å². The Morgan fingerprint density at radius 3 is 2.87 bits per heavy atom. The van der Waals surface area contributed by atoms with Crippen LogP contribution in [0.5, 0.6) is 5.75 Å². The summed E-state index contributed by atoms with van der Waals surface area (Å²) in [6, 6.07) is 11.4. The molecule has 1 amide bonds. The van der Waals surface area contributed by atoms with E-state index < -0.39 is 0 Å². The van der Waals surface area contributed by atoms with Crippen LogP contribution in [0.3, 0.4) is 0 Å². The minimum Gasteiger partial charge on any atom is -0.486 e. The summed E-state index contributed by atoms with van der Waals surface area (Å²) in [7, 11) is 0. The Hall–Kier alpha value is -2.28. The number of ether oxygens (including phenoxy) is 1. The van der Waals surface area contributed by atoms with Crippen molar-refractivity contribution in [2.45, 2.75) is 32.8 Å². The van der Waals surface area contributed by atoms with Crippen molar-refractivity contribution in [3.8, 4) is 5.75 Å². The van der Waals surface area contributed by atoms with E-state index >= 15 is 0 Å². The van der Waals surface area contributed by atoms with Crippen molar-refractivity contribution in [3.05, 3.63) is 65.6 Å². The van der Waals surface area contributed by atoms with E-state index in [0.29, 0.717) is 30.4 Å². The summed E-state index contributed by atoms with van der Waals surface area (Å²) in [5, 5.41) is 6.47. The van der Waals surface area contributed by atoms with Gasteiger partial charge in [0.2, 0.25) is 0 Å². The lowest BCUT2D eigenvalue weighted by Crippen LogP contribution is -2.33. The van der Waals surface area contributed by atoms with Crippen molar-refractivity contribution in [3.63, 3.8) is 0 Å². The lowest BCUT2D eigenvalue weighted by Gasteiger charge is -2.22. The number of hydrogen-bond acceptors (Lipinski definition) is 4. The number of aromatic nitrogens is 2. The smallest absolute Gasteiger partial charge is 0.255 e. The van der Waals surface area contributed by atoms with Crippen LogP contribution in [0, 0.1) is 12.8 Å². The van der Waals surface area contributed by atoms with Gasteiger partial charge in [-0.1, -0.05) is 18.2 Å². The normalized spacial score (nSPS) is 15.6. The van der Waals surface area contributed by atoms with E-state index in [1.165, 1.54) is 12.8 Å². The highest BCUT2D eigenvalue weighted by molar-refractivity contribution is 5.96. The molecule has 2 aromatic heterocycles. The molecule has 0 spiro atoms. The summed E-state index contributed by atoms with van der Waals surface area (Å²) in [5.41, 5.74) is 3.44. The number of carbonyl (C=O) groups is 1. The predicted molar refractivity (Wildman–Crippen MR) is 128 cm³/mol. The van der Waals surface area contributed by atoms with Crippen LogP contribution in [0.2, 0.25) is 0 Å². The first kappa shape index (κ1) is 25.0. The minimum absolute atomic E-state index is 0. The molecule has 1 atom stereocenters. The number of hydrogen-bond donors (Lipinski definition) is 2. The molecule has 1 aliphatic rings. The largest absolute Gasteiger partial charge is 0.486 e. The lowest BCUT2D eigenvalue weighted by atomic mass is 9.96. The molecule has 1 fully saturated rings. The van der Waals surface area contributed by atoms with Gasteiger partial charge in [0.05, 0.1) is 11.3 Å². The van der Waals surface area contributed by atoms with Gasteiger partial charge in [0.15, 0.2) is 0 Å². The molecule has 3 heterocycles. The zero-order chi connectivity index (χ0) is 20.1. The van der Waals surface area contributed by atoms with Gasteiger partial charge in [-0.3, -0.25) is 4.79 Å². The molecular formula is C23H30Cl2N4O2. The fraction of sp³-hybridized carbons (Fsp3) is 0.391. The van der Waals surface area contributed by atoms with Gasteiger partial charge in [-0.25, -0.2) is 4.98 Å². The second-order valence-corrected chi connectivity index (χ2v) is 7.70. The van der Waals surface area contributed by atoms with Crippen molar-refractivity contribution >= 4 is 36.4 Å². The first-order chi connectivity index (χ1) is 14.2. The van der Waals surface area contributed by atoms with Crippen LogP contribution in [-0.2, 0) is 6.61 Å². The maximum Gasteiger partial charge on any atom is 0.255 e. The number of nitrogens with one attached hydrogen (secondary N) is 2. The summed E-state index contributed by atoms with van der Waals surface area (Å²) in [5.74, 6) is 1.14. The van der Waals surface area contributed by atoms with Crippen molar-refractivity contribution in [2.24, 2.45) is 5.92 Å². The molecule has 1 saturated heterocycles. The summed E-state index contributed by atoms with van der Waals surface area (Å²) in [6.07, 6.45) is 7.40. The van der Waals surface area contributed by atoms with Crippen LogP contribution >= 0.6 is 24.8 Å². The number of amides is 1. The highest BCUT2D eigenvalue weighted by atomic mass is 35.5. The third kappa shape index (κ3) is 6.35. The van der Waals surface area contributed by atoms with Crippen molar-refractivity contribution in [1.29, 1.82) is 0 Å². The lowest BCUT2D eigenvalue weighted by molar-refractivity contribution is 0.0946. The van der Waals surface area contributed by atoms with Crippen LogP contribution in [-0.4, -0.2) is 34.9 Å². The van der Waals surface area contributed by atoms with Crippen LogP contribution in [0.4, 0.5) is 0 Å². The maximum absolute atomic E-state index is 12.7. The molecule has 1 aromatic carbocycles. The van der Waals surface area contributed by atoms with Crippen LogP contribution in [0.1, 0.15) is 40.9 Å². The molecule has 1 aliphatic heterocycles. The van der Waals surface area contributed by atoms with E-state index in [-0.39, 0.29) is 30.7 Å². The molecule has 31 heavy (non-hydrogen) atoms. The molecule has 2 N–H and O–H groups in total. The second-order valence-electron chi connectivity index (χ2n) is 7.70. The van der Waals surface area contributed by atoms with E-state index in [2.05, 4.69) is 15.6 Å². The molecule has 0 aliphatic carbocycles. The quantitative estimate of drug-likeness (QED) is 0.549. The van der Waals surface area contributed by atoms with Crippen LogP contribution < -0.4 is 15.4 Å². The number of piperidine rings is 1. The van der Waals surface area contributed by atoms with Gasteiger partial charge in [0, 0.05) is 18.9 Å². The van der Waals surface area contributed by atoms with Crippen molar-refractivity contribution < 1.29 is 9.53 Å². The first-order valence-electron chi connectivity index (χ1n) is 10.3. The highest BCUT2D eigenvalue weighted by Gasteiger charge is 2.15. The molecule has 0 radical (unpaired) electrons. The number of rotatable bonds is 7. The number of fused-ring (bicyclic) bond motifs is 1. The maximum atomic E-state index is 12.7. The molecule has 8 heteroatoms. The SMILES string of the molecule is Cc1cccn2cc(COc3ccccc3C(=O)NCCC3CCCNC3)nc12.Cl.Cl. The molecular weight excluding hydrogens is 435 g/mol. The fourth-order valence-electron chi connectivity index (χ4n) is 3.86. The van der Waals surface area contributed by atoms with E-state index in [4.69, 9.17) is 4.74 Å². The number of nitrogens with zero attached hydrogens (tertiary/aromatic N) is 2. The van der Waals surface area contributed by atoms with E-state index in [1.807, 2.05) is 54.0 Å². The van der Waals surface area contributed by atoms with E-state index in [9.17, 15) is 4.79 Å². The summed E-state index contributed by atoms with van der Waals surface area (Å²) in [4.78, 5) is 17.3. The Labute approximate surface area is 195 Å². The third-order valence-corrected chi connectivity index (χ3v) is 5.47. The average molecular weight is 465 g/mol. The van der Waals surface area contributed by atoms with Gasteiger partial charge in [-0.15, -0.1) is 24.8 Å². The first-order valence-corrected chi connectivity index (χ1v) is 10.3. The monoisotopic (exact) mass is 464 g/mol. The standard InChI is InChI=1S/C23H28N4O2.2ClH/c1-17-6-5-13-27-15-19(26-22(17)27)16-29-21-9-3-2-8-20(21)23(28)25-12-10-18-7-4-11-24-14-18;;/h2-3,5-6,8-9,13,15,18,24H,4,7,10-12,14,16H2,1H3,(H,25,28);2*1H. The molecule has 0 saturated carbocycles. The number of imidazole rings is 1. The Morgan fingerprint density at radius 1 is 1.26 bits per heavy atom. The van der Waals surface area contributed by atoms with Gasteiger partial charge < -0.3 is 19.8 Å². The van der Waals surface area contributed by atoms with Crippen LogP contribution in [0.15, 0.2) is 48.8 Å². The number of halogens is 2. The Morgan fingerprint density at radius 2 is 2.10 bits per heavy atom. The van der Waals surface area contributed by atoms with E-state index in [1.54, 1.807) is 6.07 Å². The Bertz CT molecular complexity index is 987. The second kappa shape index (κ2) is 11.9. The molecule has 3 aromatic rings. The van der Waals surface area contributed by atoms with Gasteiger partial charge in [0.1, 0.15) is 18.0 Å². The molecule has 4 rings (SSSR count). The van der Waals surface area contributed by atoms with Crippen LogP contribution in [0.25, 0.3) is 5.65 Å². The van der Waals surface area contributed by atoms with Gasteiger partial charge in [-0.2, -0.15) is 0 Å². The Balaban J connectivity index is 0.00000171. The average Bonchev–Trinajstić information content (AvgIpc) is 3.18. The molecule has 6 nitrogen and oxygen atoms in total. The molecule has 168 valence electrons. The summed E-state index contributed by atoms with van der Waals surface area (Å²) in [6.45, 7) is 5.20. The third-order valence-electron chi connectivity index (χ3n) is 5.47. The summed E-state index contributed by atoms with van der Waals surface area (Å²) < 4.78 is 7.96. The topological polar surface area (TPSA) is 67.7 Å². The number of carbonyl (C=O) groups excluding carboxylic acids is 1. The van der Waals surface area contributed by atoms with Gasteiger partial charge in [-0.05, 0) is 69.0 Å². The molecule has 0 bridgehead atoms. The van der Waals surface area contributed by atoms with E-state index in [0.717, 1.165) is 36.4 Å². The molecule has 1 unspecified atom stereocenters.